The van der Waals surface area contributed by atoms with Crippen LogP contribution >= 0.6 is 0 Å². The molecule has 0 atom stereocenters. The van der Waals surface area contributed by atoms with Crippen LogP contribution in [0, 0.1) is 6.92 Å². The molecular weight excluding hydrogens is 134 g/mol. The summed E-state index contributed by atoms with van der Waals surface area (Å²) in [6, 6.07) is 2.04. The minimum Gasteiger partial charge on any atom is -0.264 e. The van der Waals surface area contributed by atoms with E-state index in [9.17, 15) is 0 Å². The lowest BCUT2D eigenvalue weighted by atomic mass is 10.2. The van der Waals surface area contributed by atoms with Gasteiger partial charge in [-0.25, -0.2) is 0 Å². The van der Waals surface area contributed by atoms with E-state index in [1.165, 1.54) is 5.56 Å². The molecule has 0 amide bonds. The largest absolute Gasteiger partial charge is 0.264 e. The van der Waals surface area contributed by atoms with Crippen LogP contribution in [0.5, 0.6) is 0 Å². The third kappa shape index (κ3) is 3.56. The molecule has 0 spiro atoms. The Morgan fingerprint density at radius 2 is 2.00 bits per heavy atom. The van der Waals surface area contributed by atoms with Gasteiger partial charge in [-0.15, -0.1) is 0 Å². The molecule has 1 nitrogen and oxygen atoms in total. The van der Waals surface area contributed by atoms with Crippen molar-refractivity contribution in [1.29, 1.82) is 0 Å². The third-order valence-electron chi connectivity index (χ3n) is 1.13. The molecule has 0 aromatic carbocycles. The summed E-state index contributed by atoms with van der Waals surface area (Å²) < 4.78 is 0. The van der Waals surface area contributed by atoms with Crippen LogP contribution in [-0.2, 0) is 0 Å². The Hall–Kier alpha value is -1.11. The van der Waals surface area contributed by atoms with Gasteiger partial charge in [-0.05, 0) is 24.1 Å². The summed E-state index contributed by atoms with van der Waals surface area (Å²) >= 11 is 0. The molecule has 0 bridgehead atoms. The highest BCUT2D eigenvalue weighted by Crippen LogP contribution is 2.00. The highest BCUT2D eigenvalue weighted by molar-refractivity contribution is 5.45. The summed E-state index contributed by atoms with van der Waals surface area (Å²) in [5, 5.41) is 0. The smallest absolute Gasteiger partial charge is 0.0340 e. The predicted octanol–water partition coefficient (Wildman–Crippen LogP) is 3.06. The number of aromatic nitrogens is 1. The zero-order chi connectivity index (χ0) is 8.69. The minimum absolute atomic E-state index is 1.08. The maximum absolute atomic E-state index is 3.98. The van der Waals surface area contributed by atoms with Gasteiger partial charge in [0, 0.05) is 12.4 Å². The van der Waals surface area contributed by atoms with Crippen LogP contribution < -0.4 is 0 Å². The number of aryl methyl sites for hydroxylation is 1. The first kappa shape index (κ1) is 9.89. The van der Waals surface area contributed by atoms with Crippen molar-refractivity contribution in [2.75, 3.05) is 0 Å². The van der Waals surface area contributed by atoms with Gasteiger partial charge in [0.15, 0.2) is 0 Å². The van der Waals surface area contributed by atoms with E-state index in [4.69, 9.17) is 0 Å². The SMILES string of the molecule is C=Cc1cncc(C)c1.CC. The maximum Gasteiger partial charge on any atom is 0.0340 e. The first-order valence-corrected chi connectivity index (χ1v) is 3.87. The van der Waals surface area contributed by atoms with Crippen LogP contribution in [0.25, 0.3) is 6.08 Å². The molecule has 0 saturated heterocycles. The molecule has 1 heteroatoms. The molecule has 11 heavy (non-hydrogen) atoms. The molecule has 0 aliphatic rings. The molecule has 0 N–H and O–H groups in total. The average Bonchev–Trinajstić information content (AvgIpc) is 2.08. The molecule has 0 radical (unpaired) electrons. The summed E-state index contributed by atoms with van der Waals surface area (Å²) in [7, 11) is 0. The Labute approximate surface area is 68.8 Å². The highest BCUT2D eigenvalue weighted by atomic mass is 14.6. The number of pyridine rings is 1. The summed E-state index contributed by atoms with van der Waals surface area (Å²) in [6.07, 6.45) is 5.41. The van der Waals surface area contributed by atoms with Crippen molar-refractivity contribution < 1.29 is 0 Å². The molecule has 0 saturated carbocycles. The number of nitrogens with zero attached hydrogens (tertiary/aromatic N) is 1. The quantitative estimate of drug-likeness (QED) is 0.598. The van der Waals surface area contributed by atoms with Crippen LogP contribution in [0.15, 0.2) is 25.0 Å². The molecule has 60 valence electrons. The van der Waals surface area contributed by atoms with Gasteiger partial charge in [-0.3, -0.25) is 4.98 Å². The van der Waals surface area contributed by atoms with E-state index in [-0.39, 0.29) is 0 Å². The number of hydrogen-bond acceptors (Lipinski definition) is 1. The van der Waals surface area contributed by atoms with Crippen LogP contribution in [-0.4, -0.2) is 4.98 Å². The Kier molecular flexibility index (Phi) is 5.09. The van der Waals surface area contributed by atoms with Gasteiger partial charge < -0.3 is 0 Å². The summed E-state index contributed by atoms with van der Waals surface area (Å²) in [6.45, 7) is 9.65. The van der Waals surface area contributed by atoms with Gasteiger partial charge in [0.25, 0.3) is 0 Å². The van der Waals surface area contributed by atoms with E-state index in [1.54, 1.807) is 12.3 Å². The topological polar surface area (TPSA) is 12.9 Å². The molecule has 0 aliphatic heterocycles. The molecule has 1 aromatic rings. The Morgan fingerprint density at radius 3 is 2.36 bits per heavy atom. The highest BCUT2D eigenvalue weighted by Gasteiger charge is 1.84. The summed E-state index contributed by atoms with van der Waals surface area (Å²) in [4.78, 5) is 3.98. The van der Waals surface area contributed by atoms with E-state index in [0.29, 0.717) is 0 Å². The first-order chi connectivity index (χ1) is 5.33. The zero-order valence-electron chi connectivity index (χ0n) is 7.46. The van der Waals surface area contributed by atoms with Crippen molar-refractivity contribution in [3.8, 4) is 0 Å². The van der Waals surface area contributed by atoms with E-state index in [2.05, 4.69) is 11.6 Å². The fraction of sp³-hybridized carbons (Fsp3) is 0.300. The zero-order valence-corrected chi connectivity index (χ0v) is 7.46. The van der Waals surface area contributed by atoms with Crippen LogP contribution in [0.1, 0.15) is 25.0 Å². The van der Waals surface area contributed by atoms with Crippen LogP contribution in [0.2, 0.25) is 0 Å². The van der Waals surface area contributed by atoms with E-state index >= 15 is 0 Å². The predicted molar refractivity (Wildman–Crippen MR) is 50.4 cm³/mol. The number of rotatable bonds is 1. The van der Waals surface area contributed by atoms with Crippen molar-refractivity contribution in [3.63, 3.8) is 0 Å². The minimum atomic E-state index is 1.08. The van der Waals surface area contributed by atoms with Crippen molar-refractivity contribution in [1.82, 2.24) is 4.98 Å². The summed E-state index contributed by atoms with van der Waals surface area (Å²) in [5.74, 6) is 0. The average molecular weight is 149 g/mol. The van der Waals surface area contributed by atoms with Crippen LogP contribution in [0.3, 0.4) is 0 Å². The van der Waals surface area contributed by atoms with Crippen LogP contribution in [0.4, 0.5) is 0 Å². The molecular formula is C10H15N. The van der Waals surface area contributed by atoms with E-state index < -0.39 is 0 Å². The van der Waals surface area contributed by atoms with Crippen molar-refractivity contribution in [2.24, 2.45) is 0 Å². The van der Waals surface area contributed by atoms with Gasteiger partial charge in [0.1, 0.15) is 0 Å². The van der Waals surface area contributed by atoms with E-state index in [1.807, 2.05) is 33.0 Å². The van der Waals surface area contributed by atoms with Crippen molar-refractivity contribution in [3.05, 3.63) is 36.2 Å². The molecule has 1 rings (SSSR count). The molecule has 1 heterocycles. The second kappa shape index (κ2) is 5.66. The third-order valence-corrected chi connectivity index (χ3v) is 1.13. The number of hydrogen-bond donors (Lipinski definition) is 0. The molecule has 0 fully saturated rings. The Bertz CT molecular complexity index is 216. The fourth-order valence-electron chi connectivity index (χ4n) is 0.690. The lowest BCUT2D eigenvalue weighted by molar-refractivity contribution is 1.26. The second-order valence-electron chi connectivity index (χ2n) is 2.00. The molecule has 0 unspecified atom stereocenters. The van der Waals surface area contributed by atoms with Gasteiger partial charge in [0.05, 0.1) is 0 Å². The molecule has 1 aromatic heterocycles. The standard InChI is InChI=1S/C8H9N.C2H6/c1-3-8-4-7(2)5-9-6-8;1-2/h3-6H,1H2,2H3;1-2H3. The van der Waals surface area contributed by atoms with Gasteiger partial charge >= 0.3 is 0 Å². The van der Waals surface area contributed by atoms with Gasteiger partial charge in [0.2, 0.25) is 0 Å². The fourth-order valence-corrected chi connectivity index (χ4v) is 0.690. The van der Waals surface area contributed by atoms with Gasteiger partial charge in [-0.2, -0.15) is 0 Å². The second-order valence-corrected chi connectivity index (χ2v) is 2.00. The Balaban J connectivity index is 0.000000461. The monoisotopic (exact) mass is 149 g/mol. The van der Waals surface area contributed by atoms with Gasteiger partial charge in [-0.1, -0.05) is 26.5 Å². The lowest BCUT2D eigenvalue weighted by Crippen LogP contribution is -1.77. The first-order valence-electron chi connectivity index (χ1n) is 3.87. The van der Waals surface area contributed by atoms with Crippen molar-refractivity contribution in [2.45, 2.75) is 20.8 Å². The molecule has 0 aliphatic carbocycles. The van der Waals surface area contributed by atoms with E-state index in [0.717, 1.165) is 5.56 Å². The Morgan fingerprint density at radius 1 is 1.36 bits per heavy atom. The normalized spacial score (nSPS) is 7.91. The van der Waals surface area contributed by atoms with Crippen molar-refractivity contribution >= 4 is 6.08 Å². The lowest BCUT2D eigenvalue weighted by Gasteiger charge is -1.91. The maximum atomic E-state index is 3.98. The summed E-state index contributed by atoms with van der Waals surface area (Å²) in [5.41, 5.74) is 2.25.